The van der Waals surface area contributed by atoms with Crippen LogP contribution in [0.3, 0.4) is 0 Å². The van der Waals surface area contributed by atoms with Gasteiger partial charge < -0.3 is 5.32 Å². The maximum Gasteiger partial charge on any atom is 0.270 e. The van der Waals surface area contributed by atoms with Gasteiger partial charge in [0.05, 0.1) is 15.5 Å². The molecular weight excluding hydrogens is 366 g/mol. The number of amides is 1. The van der Waals surface area contributed by atoms with Crippen LogP contribution in [0.2, 0.25) is 5.02 Å². The Morgan fingerprint density at radius 3 is 2.41 bits per heavy atom. The van der Waals surface area contributed by atoms with Gasteiger partial charge >= 0.3 is 0 Å². The van der Waals surface area contributed by atoms with Crippen LogP contribution < -0.4 is 5.32 Å². The molecule has 2 aromatic rings. The number of carbonyl (C=O) groups excluding carboxylic acids is 1. The summed E-state index contributed by atoms with van der Waals surface area (Å²) in [4.78, 5) is 25.1. The Kier molecular flexibility index (Phi) is 6.42. The molecule has 1 fully saturated rings. The van der Waals surface area contributed by atoms with E-state index in [4.69, 9.17) is 11.6 Å². The number of nitrogens with one attached hydrogen (secondary N) is 1. The van der Waals surface area contributed by atoms with Crippen LogP contribution in [-0.4, -0.2) is 28.8 Å². The highest BCUT2D eigenvalue weighted by molar-refractivity contribution is 6.33. The average Bonchev–Trinajstić information content (AvgIpc) is 2.68. The van der Waals surface area contributed by atoms with E-state index in [2.05, 4.69) is 22.3 Å². The molecule has 2 aromatic carbocycles. The quantitative estimate of drug-likeness (QED) is 0.596. The second-order valence-electron chi connectivity index (χ2n) is 6.76. The zero-order valence-corrected chi connectivity index (χ0v) is 15.7. The molecule has 0 aliphatic carbocycles. The number of carbonyl (C=O) groups is 1. The van der Waals surface area contributed by atoms with Gasteiger partial charge in [0.2, 0.25) is 0 Å². The molecule has 7 heteroatoms. The molecule has 0 aromatic heterocycles. The van der Waals surface area contributed by atoms with Gasteiger partial charge in [0.15, 0.2) is 0 Å². The van der Waals surface area contributed by atoms with Crippen LogP contribution in [0.15, 0.2) is 42.5 Å². The zero-order chi connectivity index (χ0) is 19.2. The fourth-order valence-electron chi connectivity index (χ4n) is 3.22. The van der Waals surface area contributed by atoms with Crippen molar-refractivity contribution in [3.05, 3.63) is 74.3 Å². The van der Waals surface area contributed by atoms with Crippen molar-refractivity contribution in [3.63, 3.8) is 0 Å². The Bertz CT molecular complexity index is 818. The lowest BCUT2D eigenvalue weighted by atomic mass is 10.1. The number of benzene rings is 2. The Labute approximate surface area is 163 Å². The molecule has 0 atom stereocenters. The summed E-state index contributed by atoms with van der Waals surface area (Å²) >= 11 is 6.00. The normalized spacial score (nSPS) is 14.7. The first kappa shape index (κ1) is 19.3. The highest BCUT2D eigenvalue weighted by Crippen LogP contribution is 2.22. The zero-order valence-electron chi connectivity index (χ0n) is 15.0. The summed E-state index contributed by atoms with van der Waals surface area (Å²) in [5.74, 6) is -0.430. The summed E-state index contributed by atoms with van der Waals surface area (Å²) in [6, 6.07) is 12.0. The van der Waals surface area contributed by atoms with Crippen LogP contribution in [0.1, 0.15) is 40.7 Å². The van der Waals surface area contributed by atoms with Crippen LogP contribution >= 0.6 is 11.6 Å². The first-order valence-electron chi connectivity index (χ1n) is 9.05. The van der Waals surface area contributed by atoms with Crippen molar-refractivity contribution in [3.8, 4) is 0 Å². The van der Waals surface area contributed by atoms with Gasteiger partial charge in [-0.2, -0.15) is 0 Å². The number of likely N-dealkylation sites (tertiary alicyclic amines) is 1. The van der Waals surface area contributed by atoms with Crippen LogP contribution in [-0.2, 0) is 13.1 Å². The Hall–Kier alpha value is -2.44. The molecule has 1 saturated heterocycles. The number of hydrogen-bond donors (Lipinski definition) is 1. The topological polar surface area (TPSA) is 75.5 Å². The molecule has 3 rings (SSSR count). The van der Waals surface area contributed by atoms with Gasteiger partial charge in [-0.1, -0.05) is 42.3 Å². The van der Waals surface area contributed by atoms with Crippen molar-refractivity contribution in [1.29, 1.82) is 0 Å². The van der Waals surface area contributed by atoms with E-state index in [0.29, 0.717) is 6.54 Å². The third-order valence-corrected chi connectivity index (χ3v) is 5.07. The second kappa shape index (κ2) is 8.97. The maximum absolute atomic E-state index is 12.3. The maximum atomic E-state index is 12.3. The monoisotopic (exact) mass is 387 g/mol. The van der Waals surface area contributed by atoms with Crippen LogP contribution in [0.4, 0.5) is 5.69 Å². The van der Waals surface area contributed by atoms with Gasteiger partial charge in [-0.3, -0.25) is 19.8 Å². The molecule has 1 amide bonds. The lowest BCUT2D eigenvalue weighted by Gasteiger charge is -2.26. The Morgan fingerprint density at radius 2 is 1.74 bits per heavy atom. The smallest absolute Gasteiger partial charge is 0.270 e. The van der Waals surface area contributed by atoms with Crippen molar-refractivity contribution < 1.29 is 9.72 Å². The third-order valence-electron chi connectivity index (χ3n) is 4.74. The number of nitro benzene ring substituents is 1. The molecule has 0 radical (unpaired) electrons. The molecule has 0 spiro atoms. The summed E-state index contributed by atoms with van der Waals surface area (Å²) in [7, 11) is 0. The van der Waals surface area contributed by atoms with E-state index in [1.807, 2.05) is 12.1 Å². The molecule has 142 valence electrons. The Morgan fingerprint density at radius 1 is 1.07 bits per heavy atom. The van der Waals surface area contributed by atoms with E-state index < -0.39 is 10.8 Å². The van der Waals surface area contributed by atoms with Gasteiger partial charge in [-0.25, -0.2) is 0 Å². The van der Waals surface area contributed by atoms with Crippen LogP contribution in [0, 0.1) is 10.1 Å². The lowest BCUT2D eigenvalue weighted by molar-refractivity contribution is -0.384. The van der Waals surface area contributed by atoms with Crippen molar-refractivity contribution in [2.24, 2.45) is 0 Å². The molecule has 1 N–H and O–H groups in total. The SMILES string of the molecule is O=C(NCc1ccc(CN2CCCCC2)cc1)c1cc([N+](=O)[O-])ccc1Cl. The number of hydrogen-bond acceptors (Lipinski definition) is 4. The van der Waals surface area contributed by atoms with Gasteiger partial charge in [-0.15, -0.1) is 0 Å². The molecule has 0 saturated carbocycles. The number of halogens is 1. The van der Waals surface area contributed by atoms with Crippen LogP contribution in [0.25, 0.3) is 0 Å². The lowest BCUT2D eigenvalue weighted by Crippen LogP contribution is -2.29. The minimum Gasteiger partial charge on any atom is -0.348 e. The number of nitro groups is 1. The van der Waals surface area contributed by atoms with Crippen molar-refractivity contribution in [2.45, 2.75) is 32.4 Å². The molecule has 0 unspecified atom stereocenters. The first-order chi connectivity index (χ1) is 13.0. The summed E-state index contributed by atoms with van der Waals surface area (Å²) in [5.41, 5.74) is 2.17. The van der Waals surface area contributed by atoms with E-state index in [1.54, 1.807) is 0 Å². The Balaban J connectivity index is 1.57. The second-order valence-corrected chi connectivity index (χ2v) is 7.16. The van der Waals surface area contributed by atoms with Gasteiger partial charge in [-0.05, 0) is 43.1 Å². The van der Waals surface area contributed by atoms with E-state index in [0.717, 1.165) is 25.2 Å². The average molecular weight is 388 g/mol. The van der Waals surface area contributed by atoms with Crippen LogP contribution in [0.5, 0.6) is 0 Å². The third kappa shape index (κ3) is 5.28. The van der Waals surface area contributed by atoms with E-state index in [-0.39, 0.29) is 16.3 Å². The van der Waals surface area contributed by atoms with Gasteiger partial charge in [0.25, 0.3) is 11.6 Å². The number of piperidine rings is 1. The predicted molar refractivity (Wildman–Crippen MR) is 105 cm³/mol. The minimum atomic E-state index is -0.547. The molecule has 1 aliphatic heterocycles. The van der Waals surface area contributed by atoms with Crippen molar-refractivity contribution in [2.75, 3.05) is 13.1 Å². The summed E-state index contributed by atoms with van der Waals surface area (Å²) in [6.45, 7) is 3.60. The summed E-state index contributed by atoms with van der Waals surface area (Å²) in [6.07, 6.45) is 3.86. The largest absolute Gasteiger partial charge is 0.348 e. The molecular formula is C20H22ClN3O3. The summed E-state index contributed by atoms with van der Waals surface area (Å²) < 4.78 is 0. The van der Waals surface area contributed by atoms with Crippen molar-refractivity contribution >= 4 is 23.2 Å². The molecule has 1 aliphatic rings. The predicted octanol–water partition coefficient (Wildman–Crippen LogP) is 4.16. The molecule has 27 heavy (non-hydrogen) atoms. The minimum absolute atomic E-state index is 0.104. The first-order valence-corrected chi connectivity index (χ1v) is 9.43. The number of nitrogens with zero attached hydrogens (tertiary/aromatic N) is 2. The molecule has 6 nitrogen and oxygen atoms in total. The van der Waals surface area contributed by atoms with E-state index >= 15 is 0 Å². The standard InChI is InChI=1S/C20H22ClN3O3/c21-19-9-8-17(24(26)27)12-18(19)20(25)22-13-15-4-6-16(7-5-15)14-23-10-2-1-3-11-23/h4-9,12H,1-3,10-11,13-14H2,(H,22,25). The van der Waals surface area contributed by atoms with E-state index in [1.165, 1.54) is 43.0 Å². The van der Waals surface area contributed by atoms with Gasteiger partial charge in [0.1, 0.15) is 0 Å². The molecule has 1 heterocycles. The molecule has 0 bridgehead atoms. The van der Waals surface area contributed by atoms with Gasteiger partial charge in [0, 0.05) is 25.2 Å². The highest BCUT2D eigenvalue weighted by atomic mass is 35.5. The fourth-order valence-corrected chi connectivity index (χ4v) is 3.42. The fraction of sp³-hybridized carbons (Fsp3) is 0.350. The highest BCUT2D eigenvalue weighted by Gasteiger charge is 2.16. The number of rotatable bonds is 6. The number of non-ortho nitro benzene ring substituents is 1. The summed E-state index contributed by atoms with van der Waals surface area (Å²) in [5, 5.41) is 13.8. The van der Waals surface area contributed by atoms with Crippen molar-refractivity contribution in [1.82, 2.24) is 10.2 Å². The van der Waals surface area contributed by atoms with E-state index in [9.17, 15) is 14.9 Å².